The summed E-state index contributed by atoms with van der Waals surface area (Å²) in [5.41, 5.74) is 2.27. The molecule has 1 N–H and O–H groups in total. The molecule has 10 heteroatoms. The lowest BCUT2D eigenvalue weighted by molar-refractivity contribution is -0.143. The van der Waals surface area contributed by atoms with Gasteiger partial charge in [0.05, 0.1) is 22.1 Å². The number of ether oxygens (including phenoxy) is 1. The number of aromatic nitrogens is 3. The summed E-state index contributed by atoms with van der Waals surface area (Å²) in [5, 5.41) is 7.04. The van der Waals surface area contributed by atoms with Crippen molar-refractivity contribution in [3.63, 3.8) is 0 Å². The molecule has 0 atom stereocenters. The smallest absolute Gasteiger partial charge is 0.406 e. The highest BCUT2D eigenvalue weighted by Crippen LogP contribution is 2.38. The van der Waals surface area contributed by atoms with Crippen LogP contribution in [0.15, 0.2) is 79.0 Å². The third kappa shape index (κ3) is 4.73. The van der Waals surface area contributed by atoms with Gasteiger partial charge >= 0.3 is 12.3 Å². The molecule has 1 amide bonds. The number of nitrogens with zero attached hydrogens (tertiary/aromatic N) is 3. The molecule has 3 aromatic carbocycles. The molecule has 0 aliphatic carbocycles. The van der Waals surface area contributed by atoms with E-state index in [0.29, 0.717) is 10.4 Å². The van der Waals surface area contributed by atoms with Crippen LogP contribution in [-0.2, 0) is 6.18 Å². The van der Waals surface area contributed by atoms with E-state index in [4.69, 9.17) is 4.74 Å². The van der Waals surface area contributed by atoms with Gasteiger partial charge in [0.25, 0.3) is 0 Å². The predicted octanol–water partition coefficient (Wildman–Crippen LogP) is 7.09. The van der Waals surface area contributed by atoms with Gasteiger partial charge in [-0.2, -0.15) is 18.3 Å². The maximum atomic E-state index is 13.7. The number of rotatable bonds is 4. The first-order chi connectivity index (χ1) is 16.8. The Balaban J connectivity index is 1.33. The van der Waals surface area contributed by atoms with Gasteiger partial charge in [0, 0.05) is 11.3 Å². The number of hydrogen-bond acceptors (Lipinski definition) is 5. The van der Waals surface area contributed by atoms with Crippen LogP contribution in [0.5, 0.6) is 5.75 Å². The van der Waals surface area contributed by atoms with Crippen molar-refractivity contribution in [1.29, 1.82) is 0 Å². The van der Waals surface area contributed by atoms with Crippen molar-refractivity contribution < 1.29 is 22.7 Å². The highest BCUT2D eigenvalue weighted by atomic mass is 32.1. The number of thiazole rings is 1. The minimum Gasteiger partial charge on any atom is -0.406 e. The van der Waals surface area contributed by atoms with Crippen LogP contribution in [-0.4, -0.2) is 20.9 Å². The van der Waals surface area contributed by atoms with Gasteiger partial charge in [-0.15, -0.1) is 11.3 Å². The van der Waals surface area contributed by atoms with Gasteiger partial charge in [-0.25, -0.2) is 14.5 Å². The van der Waals surface area contributed by atoms with Crippen molar-refractivity contribution in [2.75, 3.05) is 5.32 Å². The van der Waals surface area contributed by atoms with E-state index in [0.717, 1.165) is 32.5 Å². The second-order valence-corrected chi connectivity index (χ2v) is 8.72. The number of halogens is 3. The average molecular weight is 494 g/mol. The van der Waals surface area contributed by atoms with Crippen molar-refractivity contribution >= 4 is 33.3 Å². The molecule has 0 saturated carbocycles. The number of hydrogen-bond donors (Lipinski definition) is 1. The molecule has 2 heterocycles. The third-order valence-corrected chi connectivity index (χ3v) is 6.20. The Labute approximate surface area is 201 Å². The molecule has 0 radical (unpaired) electrons. The average Bonchev–Trinajstić information content (AvgIpc) is 3.44. The molecule has 5 aromatic rings. The van der Waals surface area contributed by atoms with E-state index in [9.17, 15) is 18.0 Å². The topological polar surface area (TPSA) is 69.0 Å². The van der Waals surface area contributed by atoms with Crippen molar-refractivity contribution in [2.24, 2.45) is 0 Å². The lowest BCUT2D eigenvalue weighted by Crippen LogP contribution is -2.20. The fourth-order valence-electron chi connectivity index (χ4n) is 3.53. The normalized spacial score (nSPS) is 11.5. The Kier molecular flexibility index (Phi) is 5.73. The van der Waals surface area contributed by atoms with Gasteiger partial charge in [0.2, 0.25) is 0 Å². The quantitative estimate of drug-likeness (QED) is 0.290. The van der Waals surface area contributed by atoms with Crippen LogP contribution in [0.25, 0.3) is 26.5 Å². The van der Waals surface area contributed by atoms with E-state index >= 15 is 0 Å². The minimum absolute atomic E-state index is 0.190. The fraction of sp³-hybridized carbons (Fsp3) is 0.0800. The Morgan fingerprint density at radius 1 is 1.03 bits per heavy atom. The number of amides is 1. The summed E-state index contributed by atoms with van der Waals surface area (Å²) in [6, 6.07) is 20.6. The summed E-state index contributed by atoms with van der Waals surface area (Å²) < 4.78 is 47.9. The molecule has 0 aliphatic heterocycles. The molecule has 2 aromatic heterocycles. The third-order valence-electron chi connectivity index (χ3n) is 5.13. The molecule has 35 heavy (non-hydrogen) atoms. The summed E-state index contributed by atoms with van der Waals surface area (Å²) in [6.07, 6.45) is -4.99. The first-order valence-corrected chi connectivity index (χ1v) is 11.3. The summed E-state index contributed by atoms with van der Waals surface area (Å²) >= 11 is 1.55. The van der Waals surface area contributed by atoms with Crippen LogP contribution in [0.3, 0.4) is 0 Å². The van der Waals surface area contributed by atoms with Gasteiger partial charge < -0.3 is 4.74 Å². The lowest BCUT2D eigenvalue weighted by atomic mass is 10.2. The van der Waals surface area contributed by atoms with Crippen molar-refractivity contribution in [3.8, 4) is 22.0 Å². The van der Waals surface area contributed by atoms with Gasteiger partial charge in [0.1, 0.15) is 5.01 Å². The number of alkyl halides is 3. The van der Waals surface area contributed by atoms with Gasteiger partial charge in [-0.3, -0.25) is 5.32 Å². The first kappa shape index (κ1) is 22.6. The second-order valence-electron chi connectivity index (χ2n) is 7.68. The van der Waals surface area contributed by atoms with Crippen LogP contribution < -0.4 is 10.1 Å². The highest BCUT2D eigenvalue weighted by Gasteiger charge is 2.40. The first-order valence-electron chi connectivity index (χ1n) is 10.4. The molecule has 176 valence electrons. The number of anilines is 1. The number of carbonyl (C=O) groups excluding carboxylic acids is 1. The second kappa shape index (κ2) is 8.88. The summed E-state index contributed by atoms with van der Waals surface area (Å²) in [5.74, 6) is -0.694. The number of benzene rings is 3. The summed E-state index contributed by atoms with van der Waals surface area (Å²) in [7, 11) is 0. The number of carbonyl (C=O) groups is 1. The zero-order valence-electron chi connectivity index (χ0n) is 18.2. The summed E-state index contributed by atoms with van der Waals surface area (Å²) in [6.45, 7) is 2.02. The predicted molar refractivity (Wildman–Crippen MR) is 128 cm³/mol. The lowest BCUT2D eigenvalue weighted by Gasteiger charge is -2.13. The number of nitrogens with one attached hydrogen (secondary N) is 1. The van der Waals surface area contributed by atoms with E-state index in [-0.39, 0.29) is 5.69 Å². The van der Waals surface area contributed by atoms with Gasteiger partial charge in [-0.1, -0.05) is 24.3 Å². The Bertz CT molecular complexity index is 1510. The van der Waals surface area contributed by atoms with E-state index in [1.165, 1.54) is 12.1 Å². The van der Waals surface area contributed by atoms with Crippen LogP contribution in [0.4, 0.5) is 23.7 Å². The van der Waals surface area contributed by atoms with Crippen molar-refractivity contribution in [1.82, 2.24) is 14.8 Å². The molecule has 0 bridgehead atoms. The fourth-order valence-corrected chi connectivity index (χ4v) is 4.60. The largest absolute Gasteiger partial charge is 0.437 e. The SMILES string of the molecule is Cc1ccc2nc(-c3ccc(NC(=O)Oc4cnn(-c5ccccc5)c4C(F)(F)F)cc3)sc2c1. The zero-order valence-corrected chi connectivity index (χ0v) is 19.0. The van der Waals surface area contributed by atoms with Crippen molar-refractivity contribution in [2.45, 2.75) is 13.1 Å². The Hall–Kier alpha value is -4.18. The van der Waals surface area contributed by atoms with Gasteiger partial charge in [0.15, 0.2) is 11.4 Å². The van der Waals surface area contributed by atoms with E-state index in [2.05, 4.69) is 21.5 Å². The minimum atomic E-state index is -4.79. The van der Waals surface area contributed by atoms with E-state index in [1.54, 1.807) is 53.8 Å². The number of fused-ring (bicyclic) bond motifs is 1. The van der Waals surface area contributed by atoms with Crippen LogP contribution >= 0.6 is 11.3 Å². The Morgan fingerprint density at radius 2 is 1.77 bits per heavy atom. The number of aryl methyl sites for hydroxylation is 1. The van der Waals surface area contributed by atoms with Crippen LogP contribution in [0.2, 0.25) is 0 Å². The standard InChI is InChI=1S/C25H17F3N4O2S/c1-15-7-12-19-21(13-15)35-23(31-19)16-8-10-17(11-9-16)30-24(33)34-20-14-29-32(22(20)25(26,27)28)18-5-3-2-4-6-18/h2-14H,1H3,(H,30,33). The molecule has 0 spiro atoms. The molecule has 0 aliphatic rings. The molecule has 0 fully saturated rings. The highest BCUT2D eigenvalue weighted by molar-refractivity contribution is 7.21. The zero-order chi connectivity index (χ0) is 24.6. The summed E-state index contributed by atoms with van der Waals surface area (Å²) in [4.78, 5) is 17.0. The Morgan fingerprint density at radius 3 is 2.49 bits per heavy atom. The van der Waals surface area contributed by atoms with Crippen LogP contribution in [0.1, 0.15) is 11.3 Å². The van der Waals surface area contributed by atoms with Crippen molar-refractivity contribution in [3.05, 3.63) is 90.3 Å². The van der Waals surface area contributed by atoms with E-state index < -0.39 is 23.7 Å². The van der Waals surface area contributed by atoms with E-state index in [1.807, 2.05) is 19.1 Å². The molecule has 0 saturated heterocycles. The van der Waals surface area contributed by atoms with Gasteiger partial charge in [-0.05, 0) is 61.0 Å². The maximum Gasteiger partial charge on any atom is 0.437 e. The molecule has 0 unspecified atom stereocenters. The maximum absolute atomic E-state index is 13.7. The molecular formula is C25H17F3N4O2S. The monoisotopic (exact) mass is 494 g/mol. The molecule has 6 nitrogen and oxygen atoms in total. The molecular weight excluding hydrogens is 477 g/mol. The number of para-hydroxylation sites is 1. The van der Waals surface area contributed by atoms with Crippen LogP contribution in [0, 0.1) is 6.92 Å². The molecule has 5 rings (SSSR count).